The molecule has 5 nitrogen and oxygen atoms in total. The van der Waals surface area contributed by atoms with Gasteiger partial charge in [0.25, 0.3) is 0 Å². The van der Waals surface area contributed by atoms with Crippen molar-refractivity contribution < 1.29 is 4.74 Å². The Bertz CT molecular complexity index is 819. The molecule has 0 radical (unpaired) electrons. The van der Waals surface area contributed by atoms with E-state index < -0.39 is 0 Å². The number of benzene rings is 2. The van der Waals surface area contributed by atoms with Crippen molar-refractivity contribution in [3.05, 3.63) is 48.7 Å². The molecular weight excluding hydrogens is 300 g/mol. The van der Waals surface area contributed by atoms with Gasteiger partial charge in [0, 0.05) is 31.6 Å². The number of piperazine rings is 1. The molecule has 1 saturated heterocycles. The van der Waals surface area contributed by atoms with E-state index in [4.69, 9.17) is 4.74 Å². The van der Waals surface area contributed by atoms with Gasteiger partial charge in [0.1, 0.15) is 5.75 Å². The van der Waals surface area contributed by atoms with Gasteiger partial charge in [0.15, 0.2) is 0 Å². The van der Waals surface area contributed by atoms with Crippen molar-refractivity contribution in [1.82, 2.24) is 20.0 Å². The minimum atomic E-state index is 0.844. The Labute approximate surface area is 141 Å². The van der Waals surface area contributed by atoms with Crippen molar-refractivity contribution >= 4 is 10.9 Å². The molecule has 0 bridgehead atoms. The minimum absolute atomic E-state index is 0.844. The number of methoxy groups -OCH3 is 1. The Morgan fingerprint density at radius 1 is 1.08 bits per heavy atom. The molecule has 2 heterocycles. The first-order chi connectivity index (χ1) is 11.8. The van der Waals surface area contributed by atoms with Crippen LogP contribution >= 0.6 is 0 Å². The molecule has 1 aliphatic heterocycles. The summed E-state index contributed by atoms with van der Waals surface area (Å²) < 4.78 is 7.36. The highest BCUT2D eigenvalue weighted by Gasteiger charge is 2.13. The fraction of sp³-hybridized carbons (Fsp3) is 0.316. The topological polar surface area (TPSA) is 42.3 Å². The molecule has 1 fully saturated rings. The van der Waals surface area contributed by atoms with E-state index in [0.29, 0.717) is 0 Å². The third kappa shape index (κ3) is 2.88. The Morgan fingerprint density at radius 2 is 1.88 bits per heavy atom. The molecule has 0 atom stereocenters. The summed E-state index contributed by atoms with van der Waals surface area (Å²) in [5, 5.41) is 9.22. The predicted octanol–water partition coefficient (Wildman–Crippen LogP) is 2.57. The number of nitrogens with zero attached hydrogens (tertiary/aromatic N) is 3. The van der Waals surface area contributed by atoms with E-state index in [1.807, 2.05) is 18.3 Å². The number of ether oxygens (including phenoxy) is 1. The van der Waals surface area contributed by atoms with Crippen LogP contribution in [0.3, 0.4) is 0 Å². The summed E-state index contributed by atoms with van der Waals surface area (Å²) in [5.74, 6) is 0.875. The van der Waals surface area contributed by atoms with Gasteiger partial charge in [-0.2, -0.15) is 5.10 Å². The van der Waals surface area contributed by atoms with E-state index in [-0.39, 0.29) is 0 Å². The summed E-state index contributed by atoms with van der Waals surface area (Å²) >= 11 is 0. The number of nitrogens with one attached hydrogen (secondary N) is 1. The highest BCUT2D eigenvalue weighted by molar-refractivity contribution is 5.94. The van der Waals surface area contributed by atoms with Gasteiger partial charge < -0.3 is 10.1 Å². The van der Waals surface area contributed by atoms with Gasteiger partial charge in [0.2, 0.25) is 0 Å². The van der Waals surface area contributed by atoms with Crippen LogP contribution in [0.25, 0.3) is 22.0 Å². The lowest BCUT2D eigenvalue weighted by Crippen LogP contribution is -2.44. The van der Waals surface area contributed by atoms with Crippen molar-refractivity contribution in [3.8, 4) is 16.9 Å². The second-order valence-electron chi connectivity index (χ2n) is 6.12. The second-order valence-corrected chi connectivity index (χ2v) is 6.12. The van der Waals surface area contributed by atoms with Gasteiger partial charge in [-0.1, -0.05) is 24.3 Å². The minimum Gasteiger partial charge on any atom is -0.497 e. The van der Waals surface area contributed by atoms with Crippen molar-refractivity contribution in [2.24, 2.45) is 0 Å². The average molecular weight is 322 g/mol. The summed E-state index contributed by atoms with van der Waals surface area (Å²) in [6.07, 6.45) is 1.98. The highest BCUT2D eigenvalue weighted by atomic mass is 16.5. The molecule has 4 rings (SSSR count). The van der Waals surface area contributed by atoms with Gasteiger partial charge in [0.05, 0.1) is 25.5 Å². The molecule has 3 aromatic rings. The zero-order valence-corrected chi connectivity index (χ0v) is 13.9. The van der Waals surface area contributed by atoms with E-state index in [0.717, 1.165) is 38.6 Å². The van der Waals surface area contributed by atoms with Crippen LogP contribution in [0.4, 0.5) is 0 Å². The zero-order valence-electron chi connectivity index (χ0n) is 13.9. The van der Waals surface area contributed by atoms with E-state index in [1.165, 1.54) is 22.0 Å². The van der Waals surface area contributed by atoms with E-state index in [9.17, 15) is 0 Å². The van der Waals surface area contributed by atoms with Crippen LogP contribution in [0.5, 0.6) is 5.75 Å². The molecule has 0 unspecified atom stereocenters. The standard InChI is InChI=1S/C19H22N4O/c1-24-16-7-5-15(6-8-16)17-3-2-4-19-18(17)13-21-23(19)14-22-11-9-20-10-12-22/h2-8,13,20H,9-12,14H2,1H3. The summed E-state index contributed by atoms with van der Waals surface area (Å²) in [6.45, 7) is 5.09. The number of aromatic nitrogens is 2. The maximum absolute atomic E-state index is 5.25. The van der Waals surface area contributed by atoms with Crippen molar-refractivity contribution in [2.45, 2.75) is 6.67 Å². The van der Waals surface area contributed by atoms with Crippen LogP contribution in [0.1, 0.15) is 0 Å². The van der Waals surface area contributed by atoms with Gasteiger partial charge in [-0.05, 0) is 29.3 Å². The SMILES string of the molecule is COc1ccc(-c2cccc3c2cnn3CN2CCNCC2)cc1. The lowest BCUT2D eigenvalue weighted by atomic mass is 10.0. The maximum Gasteiger partial charge on any atom is 0.118 e. The van der Waals surface area contributed by atoms with Crippen molar-refractivity contribution in [2.75, 3.05) is 33.3 Å². The second kappa shape index (κ2) is 6.63. The molecule has 1 aromatic heterocycles. The summed E-state index contributed by atoms with van der Waals surface area (Å²) in [5.41, 5.74) is 3.58. The molecule has 5 heteroatoms. The zero-order chi connectivity index (χ0) is 16.4. The van der Waals surface area contributed by atoms with E-state index in [2.05, 4.69) is 50.3 Å². The number of rotatable bonds is 4. The number of hydrogen-bond acceptors (Lipinski definition) is 4. The van der Waals surface area contributed by atoms with Gasteiger partial charge in [-0.25, -0.2) is 0 Å². The highest BCUT2D eigenvalue weighted by Crippen LogP contribution is 2.29. The predicted molar refractivity (Wildman–Crippen MR) is 96.2 cm³/mol. The van der Waals surface area contributed by atoms with Crippen LogP contribution in [-0.4, -0.2) is 48.0 Å². The fourth-order valence-corrected chi connectivity index (χ4v) is 3.28. The van der Waals surface area contributed by atoms with Crippen LogP contribution in [0.15, 0.2) is 48.7 Å². The first-order valence-electron chi connectivity index (χ1n) is 8.37. The normalized spacial score (nSPS) is 15.7. The van der Waals surface area contributed by atoms with Gasteiger partial charge in [-0.3, -0.25) is 9.58 Å². The van der Waals surface area contributed by atoms with E-state index in [1.54, 1.807) is 7.11 Å². The Morgan fingerprint density at radius 3 is 2.62 bits per heavy atom. The molecule has 0 spiro atoms. The van der Waals surface area contributed by atoms with Gasteiger partial charge >= 0.3 is 0 Å². The molecule has 124 valence electrons. The first-order valence-corrected chi connectivity index (χ1v) is 8.37. The molecule has 24 heavy (non-hydrogen) atoms. The molecule has 0 amide bonds. The monoisotopic (exact) mass is 322 g/mol. The van der Waals surface area contributed by atoms with Gasteiger partial charge in [-0.15, -0.1) is 0 Å². The largest absolute Gasteiger partial charge is 0.497 e. The lowest BCUT2D eigenvalue weighted by molar-refractivity contribution is 0.187. The van der Waals surface area contributed by atoms with Crippen LogP contribution in [0, 0.1) is 0 Å². The number of fused-ring (bicyclic) bond motifs is 1. The van der Waals surface area contributed by atoms with Crippen molar-refractivity contribution in [1.29, 1.82) is 0 Å². The third-order valence-electron chi connectivity index (χ3n) is 4.63. The average Bonchev–Trinajstić information content (AvgIpc) is 3.06. The summed E-state index contributed by atoms with van der Waals surface area (Å²) in [6, 6.07) is 14.6. The van der Waals surface area contributed by atoms with Crippen LogP contribution < -0.4 is 10.1 Å². The first kappa shape index (κ1) is 15.2. The molecule has 1 N–H and O–H groups in total. The van der Waals surface area contributed by atoms with E-state index >= 15 is 0 Å². The summed E-state index contributed by atoms with van der Waals surface area (Å²) in [4.78, 5) is 2.43. The molecule has 0 aliphatic carbocycles. The smallest absolute Gasteiger partial charge is 0.118 e. The molecule has 1 aliphatic rings. The molecule has 0 saturated carbocycles. The van der Waals surface area contributed by atoms with Crippen LogP contribution in [0.2, 0.25) is 0 Å². The van der Waals surface area contributed by atoms with Crippen molar-refractivity contribution in [3.63, 3.8) is 0 Å². The molecular formula is C19H22N4O. The quantitative estimate of drug-likeness (QED) is 0.802. The lowest BCUT2D eigenvalue weighted by Gasteiger charge is -2.27. The fourth-order valence-electron chi connectivity index (χ4n) is 3.28. The Hall–Kier alpha value is -2.37. The number of hydrogen-bond donors (Lipinski definition) is 1. The molecule has 2 aromatic carbocycles. The third-order valence-corrected chi connectivity index (χ3v) is 4.63. The summed E-state index contributed by atoms with van der Waals surface area (Å²) in [7, 11) is 1.69. The van der Waals surface area contributed by atoms with Crippen LogP contribution in [-0.2, 0) is 6.67 Å². The Kier molecular flexibility index (Phi) is 4.19. The maximum atomic E-state index is 5.25. The Balaban J connectivity index is 1.67.